The zero-order valence-electron chi connectivity index (χ0n) is 8.58. The Bertz CT molecular complexity index is 466. The van der Waals surface area contributed by atoms with E-state index in [0.29, 0.717) is 24.1 Å². The molecule has 0 unspecified atom stereocenters. The highest BCUT2D eigenvalue weighted by Crippen LogP contribution is 2.31. The van der Waals surface area contributed by atoms with Gasteiger partial charge in [0.2, 0.25) is 11.9 Å². The molecule has 0 aromatic carbocycles. The topological polar surface area (TPSA) is 47.9 Å². The van der Waals surface area contributed by atoms with Gasteiger partial charge in [-0.05, 0) is 19.3 Å². The lowest BCUT2D eigenvalue weighted by Crippen LogP contribution is -2.39. The van der Waals surface area contributed by atoms with Gasteiger partial charge in [-0.1, -0.05) is 0 Å². The van der Waals surface area contributed by atoms with Crippen LogP contribution in [-0.4, -0.2) is 5.21 Å². The summed E-state index contributed by atoms with van der Waals surface area (Å²) in [6.07, 6.45) is 1.19. The van der Waals surface area contributed by atoms with Crippen LogP contribution in [0.1, 0.15) is 41.7 Å². The molecule has 0 aliphatic heterocycles. The van der Waals surface area contributed by atoms with E-state index >= 15 is 0 Å². The molecule has 1 aromatic heterocycles. The zero-order chi connectivity index (χ0) is 11.7. The van der Waals surface area contributed by atoms with Gasteiger partial charge >= 0.3 is 0 Å². The lowest BCUT2D eigenvalue weighted by Gasteiger charge is -2.15. The summed E-state index contributed by atoms with van der Waals surface area (Å²) >= 11 is 0. The van der Waals surface area contributed by atoms with Crippen LogP contribution >= 0.6 is 0 Å². The minimum atomic E-state index is -2.66. The van der Waals surface area contributed by atoms with Gasteiger partial charge < -0.3 is 0 Å². The first-order valence-corrected chi connectivity index (χ1v) is 5.13. The van der Waals surface area contributed by atoms with Crippen LogP contribution in [0.5, 0.6) is 0 Å². The highest BCUT2D eigenvalue weighted by Gasteiger charge is 2.30. The van der Waals surface area contributed by atoms with Gasteiger partial charge in [-0.3, -0.25) is 5.21 Å². The summed E-state index contributed by atoms with van der Waals surface area (Å²) in [6.45, 7) is 0. The minimum absolute atomic E-state index is 0.141. The maximum Gasteiger partial charge on any atom is 0.265 e. The van der Waals surface area contributed by atoms with E-state index in [4.69, 9.17) is 5.26 Å². The van der Waals surface area contributed by atoms with Crippen molar-refractivity contribution in [1.29, 1.82) is 5.26 Å². The third-order valence-electron chi connectivity index (χ3n) is 2.92. The zero-order valence-corrected chi connectivity index (χ0v) is 8.58. The van der Waals surface area contributed by atoms with Gasteiger partial charge in [-0.15, -0.1) is 0 Å². The molecule has 1 aliphatic carbocycles. The normalized spacial score (nSPS) is 14.6. The van der Waals surface area contributed by atoms with E-state index in [9.17, 15) is 14.0 Å². The van der Waals surface area contributed by atoms with Crippen LogP contribution in [0.3, 0.4) is 0 Å². The number of aromatic nitrogens is 1. The second-order valence-corrected chi connectivity index (χ2v) is 3.85. The van der Waals surface area contributed by atoms with Crippen LogP contribution in [-0.2, 0) is 12.8 Å². The highest BCUT2D eigenvalue weighted by atomic mass is 19.3. The molecule has 0 radical (unpaired) electrons. The molecule has 0 amide bonds. The van der Waals surface area contributed by atoms with Crippen LogP contribution in [0, 0.1) is 11.3 Å². The number of pyridine rings is 1. The summed E-state index contributed by atoms with van der Waals surface area (Å²) in [7, 11) is 0. The first kappa shape index (κ1) is 10.8. The molecule has 0 atom stereocenters. The molecule has 16 heavy (non-hydrogen) atoms. The Kier molecular flexibility index (Phi) is 2.73. The fraction of sp³-hybridized carbons (Fsp3) is 0.455. The van der Waals surface area contributed by atoms with E-state index in [-0.39, 0.29) is 11.1 Å². The molecule has 0 bridgehead atoms. The number of rotatable bonds is 1. The summed E-state index contributed by atoms with van der Waals surface area (Å²) < 4.78 is 26.6. The predicted octanol–water partition coefficient (Wildman–Crippen LogP) is 1.90. The molecule has 3 nitrogen and oxygen atoms in total. The maximum atomic E-state index is 12.9. The third-order valence-corrected chi connectivity index (χ3v) is 2.92. The number of alkyl halides is 2. The number of nitriles is 1. The first-order valence-electron chi connectivity index (χ1n) is 5.13. The van der Waals surface area contributed by atoms with Gasteiger partial charge in [0, 0.05) is 16.7 Å². The molecule has 1 aromatic rings. The Morgan fingerprint density at radius 3 is 2.69 bits per heavy atom. The van der Waals surface area contributed by atoms with Crippen molar-refractivity contribution >= 4 is 0 Å². The van der Waals surface area contributed by atoms with E-state index in [1.54, 1.807) is 6.07 Å². The molecule has 1 heterocycles. The average Bonchev–Trinajstić information content (AvgIpc) is 2.28. The van der Waals surface area contributed by atoms with Crippen molar-refractivity contribution in [2.75, 3.05) is 0 Å². The van der Waals surface area contributed by atoms with Gasteiger partial charge in [0.1, 0.15) is 11.6 Å². The molecule has 0 saturated carbocycles. The van der Waals surface area contributed by atoms with Crippen molar-refractivity contribution in [1.82, 2.24) is 0 Å². The van der Waals surface area contributed by atoms with Crippen LogP contribution in [0.4, 0.5) is 8.78 Å². The summed E-state index contributed by atoms with van der Waals surface area (Å²) in [6, 6.07) is 1.71. The summed E-state index contributed by atoms with van der Waals surface area (Å²) in [4.78, 5) is 0. The van der Waals surface area contributed by atoms with Crippen molar-refractivity contribution in [2.45, 2.75) is 32.1 Å². The maximum absolute atomic E-state index is 12.9. The van der Waals surface area contributed by atoms with Gasteiger partial charge in [-0.25, -0.2) is 8.78 Å². The van der Waals surface area contributed by atoms with Crippen molar-refractivity contribution in [3.8, 4) is 6.07 Å². The van der Waals surface area contributed by atoms with E-state index in [2.05, 4.69) is 0 Å². The lowest BCUT2D eigenvalue weighted by molar-refractivity contribution is -0.910. The number of fused-ring (bicyclic) bond motifs is 1. The fourth-order valence-corrected chi connectivity index (χ4v) is 2.20. The summed E-state index contributed by atoms with van der Waals surface area (Å²) in [5.74, 6) is 0. The molecular weight excluding hydrogens is 214 g/mol. The number of nitrogens with zero attached hydrogens (tertiary/aromatic N) is 2. The Hall–Kier alpha value is -1.70. The van der Waals surface area contributed by atoms with E-state index in [1.807, 2.05) is 0 Å². The van der Waals surface area contributed by atoms with Crippen LogP contribution in [0.25, 0.3) is 0 Å². The van der Waals surface area contributed by atoms with Crippen LogP contribution < -0.4 is 4.73 Å². The lowest BCUT2D eigenvalue weighted by atomic mass is 9.90. The number of halogens is 2. The Balaban J connectivity index is 2.69. The SMILES string of the molecule is N#Cc1c[n+](O)c2c(c1C(F)F)CCCC2. The quantitative estimate of drug-likeness (QED) is 0.586. The molecule has 1 N–H and O–H groups in total. The van der Waals surface area contributed by atoms with Crippen LogP contribution in [0.15, 0.2) is 6.20 Å². The van der Waals surface area contributed by atoms with Crippen molar-refractivity contribution in [2.24, 2.45) is 0 Å². The number of hydrogen-bond donors (Lipinski definition) is 1. The van der Waals surface area contributed by atoms with Crippen LogP contribution in [0.2, 0.25) is 0 Å². The van der Waals surface area contributed by atoms with E-state index < -0.39 is 6.43 Å². The fourth-order valence-electron chi connectivity index (χ4n) is 2.20. The predicted molar refractivity (Wildman–Crippen MR) is 50.1 cm³/mol. The van der Waals surface area contributed by atoms with Crippen molar-refractivity contribution in [3.63, 3.8) is 0 Å². The van der Waals surface area contributed by atoms with Gasteiger partial charge in [0.25, 0.3) is 6.43 Å². The standard InChI is InChI=1S/C11H11F2N2O/c12-11(13)10-7(5-14)6-15(16)9-4-2-1-3-8(9)10/h6,11,16H,1-4H2/q+1. The second kappa shape index (κ2) is 4.05. The second-order valence-electron chi connectivity index (χ2n) is 3.85. The smallest absolute Gasteiger partial charge is 0.265 e. The summed E-state index contributed by atoms with van der Waals surface area (Å²) in [5, 5.41) is 18.4. The van der Waals surface area contributed by atoms with E-state index in [1.165, 1.54) is 0 Å². The molecule has 84 valence electrons. The van der Waals surface area contributed by atoms with Gasteiger partial charge in [0.15, 0.2) is 0 Å². The molecular formula is C11H11F2N2O+. The van der Waals surface area contributed by atoms with Gasteiger partial charge in [0.05, 0.1) is 5.56 Å². The summed E-state index contributed by atoms with van der Waals surface area (Å²) in [5.41, 5.74) is 0.615. The molecule has 0 saturated heterocycles. The third kappa shape index (κ3) is 1.60. The van der Waals surface area contributed by atoms with Gasteiger partial charge in [-0.2, -0.15) is 5.26 Å². The molecule has 0 fully saturated rings. The Morgan fingerprint density at radius 1 is 1.38 bits per heavy atom. The minimum Gasteiger partial charge on any atom is -0.285 e. The average molecular weight is 225 g/mol. The molecule has 5 heteroatoms. The molecule has 1 aliphatic rings. The molecule has 0 spiro atoms. The van der Waals surface area contributed by atoms with Crippen molar-refractivity contribution in [3.05, 3.63) is 28.6 Å². The largest absolute Gasteiger partial charge is 0.285 e. The Labute approximate surface area is 91.5 Å². The first-order chi connectivity index (χ1) is 7.65. The number of hydrogen-bond acceptors (Lipinski definition) is 2. The highest BCUT2D eigenvalue weighted by molar-refractivity contribution is 5.42. The van der Waals surface area contributed by atoms with E-state index in [0.717, 1.165) is 23.8 Å². The molecule has 2 rings (SSSR count). The monoisotopic (exact) mass is 225 g/mol. The Morgan fingerprint density at radius 2 is 2.06 bits per heavy atom. The van der Waals surface area contributed by atoms with Crippen molar-refractivity contribution < 1.29 is 18.7 Å².